The quantitative estimate of drug-likeness (QED) is 0.867. The summed E-state index contributed by atoms with van der Waals surface area (Å²) in [5.74, 6) is 0.650. The Morgan fingerprint density at radius 1 is 1.44 bits per heavy atom. The van der Waals surface area contributed by atoms with Gasteiger partial charge in [-0.15, -0.1) is 0 Å². The van der Waals surface area contributed by atoms with Gasteiger partial charge in [0, 0.05) is 10.6 Å². The van der Waals surface area contributed by atoms with Gasteiger partial charge < -0.3 is 4.98 Å². The second-order valence-electron chi connectivity index (χ2n) is 3.55. The largest absolute Gasteiger partial charge is 0.340 e. The third-order valence-corrected chi connectivity index (χ3v) is 2.83. The van der Waals surface area contributed by atoms with Crippen molar-refractivity contribution in [3.05, 3.63) is 40.7 Å². The molecule has 4 heteroatoms. The van der Waals surface area contributed by atoms with Crippen molar-refractivity contribution in [2.45, 2.75) is 20.0 Å². The molecule has 0 aliphatic carbocycles. The number of rotatable bonds is 3. The number of halogens is 2. The van der Waals surface area contributed by atoms with Gasteiger partial charge >= 0.3 is 0 Å². The SMILES string of the molecule is CCc1ccc(-c2ncc(CF)[nH]2)cc1Cl. The van der Waals surface area contributed by atoms with E-state index < -0.39 is 6.67 Å². The first kappa shape index (κ1) is 11.1. The lowest BCUT2D eigenvalue weighted by molar-refractivity contribution is 0.477. The van der Waals surface area contributed by atoms with Crippen molar-refractivity contribution in [3.8, 4) is 11.4 Å². The van der Waals surface area contributed by atoms with Gasteiger partial charge in [0.05, 0.1) is 11.9 Å². The Balaban J connectivity index is 2.37. The molecule has 2 aromatic rings. The third kappa shape index (κ3) is 2.09. The van der Waals surface area contributed by atoms with Crippen molar-refractivity contribution in [1.82, 2.24) is 9.97 Å². The lowest BCUT2D eigenvalue weighted by atomic mass is 10.1. The summed E-state index contributed by atoms with van der Waals surface area (Å²) < 4.78 is 12.4. The topological polar surface area (TPSA) is 28.7 Å². The molecule has 0 amide bonds. The van der Waals surface area contributed by atoms with Gasteiger partial charge in [-0.3, -0.25) is 0 Å². The number of aromatic nitrogens is 2. The standard InChI is InChI=1S/C12H12ClFN2/c1-2-8-3-4-9(5-11(8)13)12-15-7-10(6-14)16-12/h3-5,7H,2,6H2,1H3,(H,15,16). The summed E-state index contributed by atoms with van der Waals surface area (Å²) in [5, 5.41) is 0.721. The molecule has 0 radical (unpaired) electrons. The molecule has 0 saturated carbocycles. The Morgan fingerprint density at radius 2 is 2.25 bits per heavy atom. The fourth-order valence-corrected chi connectivity index (χ4v) is 1.87. The zero-order valence-corrected chi connectivity index (χ0v) is 9.68. The van der Waals surface area contributed by atoms with E-state index in [1.54, 1.807) is 0 Å². The van der Waals surface area contributed by atoms with Crippen molar-refractivity contribution in [2.75, 3.05) is 0 Å². The van der Waals surface area contributed by atoms with E-state index in [0.29, 0.717) is 11.5 Å². The fourth-order valence-electron chi connectivity index (χ4n) is 1.56. The molecule has 2 rings (SSSR count). The summed E-state index contributed by atoms with van der Waals surface area (Å²) in [6, 6.07) is 5.75. The zero-order chi connectivity index (χ0) is 11.5. The second-order valence-corrected chi connectivity index (χ2v) is 3.96. The van der Waals surface area contributed by atoms with Gasteiger partial charge in [0.2, 0.25) is 0 Å². The number of hydrogen-bond acceptors (Lipinski definition) is 1. The summed E-state index contributed by atoms with van der Waals surface area (Å²) in [5.41, 5.74) is 2.45. The van der Waals surface area contributed by atoms with Crippen LogP contribution in [-0.4, -0.2) is 9.97 Å². The van der Waals surface area contributed by atoms with Crippen molar-refractivity contribution in [2.24, 2.45) is 0 Å². The van der Waals surface area contributed by atoms with Crippen LogP contribution < -0.4 is 0 Å². The van der Waals surface area contributed by atoms with Gasteiger partial charge in [0.1, 0.15) is 12.5 Å². The molecule has 16 heavy (non-hydrogen) atoms. The molecule has 0 unspecified atom stereocenters. The highest BCUT2D eigenvalue weighted by Gasteiger charge is 2.06. The molecule has 84 valence electrons. The van der Waals surface area contributed by atoms with Crippen molar-refractivity contribution in [3.63, 3.8) is 0 Å². The summed E-state index contributed by atoms with van der Waals surface area (Å²) in [7, 11) is 0. The normalized spacial score (nSPS) is 10.7. The number of benzene rings is 1. The van der Waals surface area contributed by atoms with E-state index in [1.807, 2.05) is 18.2 Å². The molecule has 1 heterocycles. The summed E-state index contributed by atoms with van der Waals surface area (Å²) in [6.07, 6.45) is 2.39. The van der Waals surface area contributed by atoms with E-state index >= 15 is 0 Å². The first-order chi connectivity index (χ1) is 7.74. The first-order valence-corrected chi connectivity index (χ1v) is 5.51. The molecule has 2 nitrogen and oxygen atoms in total. The van der Waals surface area contributed by atoms with E-state index in [-0.39, 0.29) is 0 Å². The van der Waals surface area contributed by atoms with Crippen LogP contribution in [0.1, 0.15) is 18.2 Å². The van der Waals surface area contributed by atoms with Crippen LogP contribution in [0.25, 0.3) is 11.4 Å². The lowest BCUT2D eigenvalue weighted by Gasteiger charge is -2.03. The van der Waals surface area contributed by atoms with E-state index in [1.165, 1.54) is 6.20 Å². The Kier molecular flexibility index (Phi) is 3.25. The fraction of sp³-hybridized carbons (Fsp3) is 0.250. The molecule has 1 N–H and O–H groups in total. The minimum atomic E-state index is -0.534. The maximum Gasteiger partial charge on any atom is 0.137 e. The summed E-state index contributed by atoms with van der Waals surface area (Å²) in [4.78, 5) is 7.00. The minimum absolute atomic E-state index is 0.477. The van der Waals surface area contributed by atoms with Crippen LogP contribution in [-0.2, 0) is 13.1 Å². The maximum absolute atomic E-state index is 12.4. The van der Waals surface area contributed by atoms with Crippen LogP contribution in [0.2, 0.25) is 5.02 Å². The van der Waals surface area contributed by atoms with Crippen molar-refractivity contribution < 1.29 is 4.39 Å². The number of aryl methyl sites for hydroxylation is 1. The summed E-state index contributed by atoms with van der Waals surface area (Å²) in [6.45, 7) is 1.52. The lowest BCUT2D eigenvalue weighted by Crippen LogP contribution is -1.86. The molecular weight excluding hydrogens is 227 g/mol. The number of alkyl halides is 1. The maximum atomic E-state index is 12.4. The van der Waals surface area contributed by atoms with Gasteiger partial charge in [-0.1, -0.05) is 30.7 Å². The van der Waals surface area contributed by atoms with Crippen LogP contribution in [0.3, 0.4) is 0 Å². The number of hydrogen-bond donors (Lipinski definition) is 1. The van der Waals surface area contributed by atoms with Gasteiger partial charge in [-0.25, -0.2) is 9.37 Å². The predicted molar refractivity (Wildman–Crippen MR) is 63.2 cm³/mol. The highest BCUT2D eigenvalue weighted by Crippen LogP contribution is 2.24. The van der Waals surface area contributed by atoms with Gasteiger partial charge in [0.15, 0.2) is 0 Å². The molecule has 0 aliphatic rings. The van der Waals surface area contributed by atoms with Crippen molar-refractivity contribution in [1.29, 1.82) is 0 Å². The molecule has 0 bridgehead atoms. The van der Waals surface area contributed by atoms with E-state index in [4.69, 9.17) is 11.6 Å². The van der Waals surface area contributed by atoms with Crippen LogP contribution >= 0.6 is 11.6 Å². The minimum Gasteiger partial charge on any atom is -0.340 e. The third-order valence-electron chi connectivity index (χ3n) is 2.48. The average Bonchev–Trinajstić information content (AvgIpc) is 2.77. The molecule has 1 aromatic carbocycles. The van der Waals surface area contributed by atoms with Gasteiger partial charge in [-0.2, -0.15) is 0 Å². The Morgan fingerprint density at radius 3 is 2.81 bits per heavy atom. The van der Waals surface area contributed by atoms with E-state index in [9.17, 15) is 4.39 Å². The smallest absolute Gasteiger partial charge is 0.137 e. The molecule has 0 fully saturated rings. The average molecular weight is 239 g/mol. The highest BCUT2D eigenvalue weighted by molar-refractivity contribution is 6.31. The monoisotopic (exact) mass is 238 g/mol. The molecule has 0 atom stereocenters. The Hall–Kier alpha value is -1.35. The van der Waals surface area contributed by atoms with Crippen LogP contribution in [0.15, 0.2) is 24.4 Å². The first-order valence-electron chi connectivity index (χ1n) is 5.13. The summed E-state index contributed by atoms with van der Waals surface area (Å²) >= 11 is 6.10. The van der Waals surface area contributed by atoms with Crippen LogP contribution in [0.5, 0.6) is 0 Å². The number of nitrogens with zero attached hydrogens (tertiary/aromatic N) is 1. The van der Waals surface area contributed by atoms with Crippen molar-refractivity contribution >= 4 is 11.6 Å². The molecule has 0 saturated heterocycles. The van der Waals surface area contributed by atoms with E-state index in [0.717, 1.165) is 22.6 Å². The molecule has 1 aromatic heterocycles. The zero-order valence-electron chi connectivity index (χ0n) is 8.93. The van der Waals surface area contributed by atoms with Crippen LogP contribution in [0.4, 0.5) is 4.39 Å². The second kappa shape index (κ2) is 4.66. The van der Waals surface area contributed by atoms with E-state index in [2.05, 4.69) is 16.9 Å². The molecule has 0 aliphatic heterocycles. The number of imidazole rings is 1. The Bertz CT molecular complexity index is 494. The van der Waals surface area contributed by atoms with Gasteiger partial charge in [-0.05, 0) is 18.1 Å². The molecular formula is C12H12ClFN2. The molecule has 0 spiro atoms. The van der Waals surface area contributed by atoms with Gasteiger partial charge in [0.25, 0.3) is 0 Å². The number of aromatic amines is 1. The number of H-pyrrole nitrogens is 1. The Labute approximate surface area is 98.5 Å². The number of nitrogens with one attached hydrogen (secondary N) is 1. The van der Waals surface area contributed by atoms with Crippen LogP contribution in [0, 0.1) is 0 Å². The predicted octanol–water partition coefficient (Wildman–Crippen LogP) is 3.76. The highest BCUT2D eigenvalue weighted by atomic mass is 35.5.